The Morgan fingerprint density at radius 1 is 0.200 bits per heavy atom. The van der Waals surface area contributed by atoms with E-state index >= 15 is 0 Å². The zero-order valence-corrected chi connectivity index (χ0v) is 43.7. The van der Waals surface area contributed by atoms with Crippen molar-refractivity contribution in [2.24, 2.45) is 0 Å². The summed E-state index contributed by atoms with van der Waals surface area (Å²) in [5.74, 6) is 0. The molecule has 0 aliphatic heterocycles. The molecule has 3 heteroatoms. The summed E-state index contributed by atoms with van der Waals surface area (Å²) >= 11 is 0. The smallest absolute Gasteiger partial charge is 0.0503 e. The Morgan fingerprint density at radius 3 is 0.827 bits per heavy atom. The SMILES string of the molecule is Cc1ccc(N(c2ccc(C)cc2)c2cc(N(c3ccc(-c4ccccc4)c(-c4ccccc4)c3)c3ccc(C)cc3C)cc(N(c3ccc(-c4ccccc4)c(-c4ccccc4)c3)c3ccc(C)cc3C)c2)cc1. The number of aryl methyl sites for hydroxylation is 6. The minimum Gasteiger partial charge on any atom is -0.310 e. The van der Waals surface area contributed by atoms with Gasteiger partial charge in [-0.05, 0) is 176 Å². The van der Waals surface area contributed by atoms with Crippen molar-refractivity contribution in [2.45, 2.75) is 41.5 Å². The highest BCUT2D eigenvalue weighted by Gasteiger charge is 2.25. The van der Waals surface area contributed by atoms with Crippen LogP contribution in [0.15, 0.2) is 261 Å². The lowest BCUT2D eigenvalue weighted by Gasteiger charge is -2.34. The second kappa shape index (κ2) is 21.1. The highest BCUT2D eigenvalue weighted by Crippen LogP contribution is 2.49. The molecule has 75 heavy (non-hydrogen) atoms. The first-order valence-electron chi connectivity index (χ1n) is 26.0. The Labute approximate surface area is 443 Å². The van der Waals surface area contributed by atoms with Gasteiger partial charge in [0.05, 0.1) is 17.1 Å². The molecule has 3 nitrogen and oxygen atoms in total. The maximum absolute atomic E-state index is 2.47. The van der Waals surface area contributed by atoms with Crippen LogP contribution in [-0.4, -0.2) is 0 Å². The van der Waals surface area contributed by atoms with E-state index in [0.29, 0.717) is 0 Å². The van der Waals surface area contributed by atoms with Gasteiger partial charge in [0.25, 0.3) is 0 Å². The van der Waals surface area contributed by atoms with Crippen LogP contribution in [0.4, 0.5) is 51.2 Å². The zero-order valence-electron chi connectivity index (χ0n) is 43.7. The van der Waals surface area contributed by atoms with Gasteiger partial charge >= 0.3 is 0 Å². The standard InChI is InChI=1S/C72H61N3/c1-50-27-33-60(34-28-50)73(61-35-29-51(2)30-36-61)64-45-65(74(71-41-31-52(3)43-54(71)5)62-37-39-67(56-19-11-7-12-20-56)69(48-62)58-23-15-9-16-24-58)47-66(46-64)75(72-42-32-53(4)44-55(72)6)63-38-40-68(57-21-13-8-14-22-57)70(49-63)59-25-17-10-18-26-59/h7-49H,1-6H3. The third-order valence-corrected chi connectivity index (χ3v) is 14.3. The molecular formula is C72H61N3. The van der Waals surface area contributed by atoms with Crippen molar-refractivity contribution in [3.05, 3.63) is 294 Å². The summed E-state index contributed by atoms with van der Waals surface area (Å²) in [4.78, 5) is 7.35. The van der Waals surface area contributed by atoms with Crippen molar-refractivity contribution in [3.63, 3.8) is 0 Å². The largest absolute Gasteiger partial charge is 0.310 e. The molecule has 0 bridgehead atoms. The lowest BCUT2D eigenvalue weighted by molar-refractivity contribution is 1.20. The van der Waals surface area contributed by atoms with Gasteiger partial charge in [-0.2, -0.15) is 0 Å². The molecule has 0 saturated heterocycles. The fraction of sp³-hybridized carbons (Fsp3) is 0.0833. The Bertz CT molecular complexity index is 3510. The van der Waals surface area contributed by atoms with E-state index in [1.54, 1.807) is 0 Å². The van der Waals surface area contributed by atoms with E-state index in [9.17, 15) is 0 Å². The molecule has 0 spiro atoms. The predicted octanol–water partition coefficient (Wildman–Crippen LogP) is 20.6. The van der Waals surface area contributed by atoms with E-state index < -0.39 is 0 Å². The molecule has 0 heterocycles. The summed E-state index contributed by atoms with van der Waals surface area (Å²) in [6.07, 6.45) is 0. The molecule has 0 aromatic heterocycles. The fourth-order valence-electron chi connectivity index (χ4n) is 10.6. The lowest BCUT2D eigenvalue weighted by Crippen LogP contribution is -2.17. The molecule has 0 atom stereocenters. The lowest BCUT2D eigenvalue weighted by atomic mass is 9.93. The molecule has 11 rings (SSSR count). The molecule has 0 radical (unpaired) electrons. The normalized spacial score (nSPS) is 11.1. The quantitative estimate of drug-likeness (QED) is 0.114. The molecule has 0 N–H and O–H groups in total. The Hall–Kier alpha value is -9.18. The summed E-state index contributed by atoms with van der Waals surface area (Å²) in [6, 6.07) is 95.8. The molecule has 0 saturated carbocycles. The van der Waals surface area contributed by atoms with E-state index in [0.717, 1.165) is 73.4 Å². The van der Waals surface area contributed by atoms with Crippen LogP contribution >= 0.6 is 0 Å². The minimum atomic E-state index is 1.02. The molecule has 0 unspecified atom stereocenters. The number of nitrogens with zero attached hydrogens (tertiary/aromatic N) is 3. The summed E-state index contributed by atoms with van der Waals surface area (Å²) in [5.41, 5.74) is 26.1. The van der Waals surface area contributed by atoms with Gasteiger partial charge in [-0.3, -0.25) is 0 Å². The van der Waals surface area contributed by atoms with Crippen LogP contribution in [0.2, 0.25) is 0 Å². The molecule has 11 aromatic carbocycles. The maximum Gasteiger partial charge on any atom is 0.0503 e. The van der Waals surface area contributed by atoms with E-state index in [1.807, 2.05) is 0 Å². The van der Waals surface area contributed by atoms with Gasteiger partial charge in [-0.25, -0.2) is 0 Å². The van der Waals surface area contributed by atoms with Crippen molar-refractivity contribution in [3.8, 4) is 44.5 Å². The van der Waals surface area contributed by atoms with Crippen LogP contribution in [0, 0.1) is 41.5 Å². The molecule has 0 aliphatic carbocycles. The predicted molar refractivity (Wildman–Crippen MR) is 321 cm³/mol. The molecular weight excluding hydrogens is 907 g/mol. The summed E-state index contributed by atoms with van der Waals surface area (Å²) in [7, 11) is 0. The number of anilines is 9. The highest BCUT2D eigenvalue weighted by atomic mass is 15.2. The second-order valence-corrected chi connectivity index (χ2v) is 19.9. The van der Waals surface area contributed by atoms with Crippen LogP contribution < -0.4 is 14.7 Å². The molecule has 0 amide bonds. The van der Waals surface area contributed by atoms with Gasteiger partial charge in [-0.15, -0.1) is 0 Å². The summed E-state index contributed by atoms with van der Waals surface area (Å²) in [6.45, 7) is 13.1. The van der Waals surface area contributed by atoms with Gasteiger partial charge < -0.3 is 14.7 Å². The van der Waals surface area contributed by atoms with Gasteiger partial charge in [-0.1, -0.05) is 204 Å². The topological polar surface area (TPSA) is 9.72 Å². The molecule has 0 aliphatic rings. The van der Waals surface area contributed by atoms with Crippen LogP contribution in [0.3, 0.4) is 0 Å². The maximum atomic E-state index is 2.47. The van der Waals surface area contributed by atoms with E-state index in [4.69, 9.17) is 0 Å². The van der Waals surface area contributed by atoms with Crippen molar-refractivity contribution < 1.29 is 0 Å². The number of rotatable bonds is 13. The van der Waals surface area contributed by atoms with Gasteiger partial charge in [0.2, 0.25) is 0 Å². The average Bonchev–Trinajstić information content (AvgIpc) is 3.44. The third kappa shape index (κ3) is 10.1. The van der Waals surface area contributed by atoms with E-state index in [2.05, 4.69) is 317 Å². The van der Waals surface area contributed by atoms with Crippen LogP contribution in [0.25, 0.3) is 44.5 Å². The second-order valence-electron chi connectivity index (χ2n) is 19.9. The first kappa shape index (κ1) is 48.1. The monoisotopic (exact) mass is 967 g/mol. The molecule has 11 aromatic rings. The summed E-state index contributed by atoms with van der Waals surface area (Å²) < 4.78 is 0. The summed E-state index contributed by atoms with van der Waals surface area (Å²) in [5, 5.41) is 0. The van der Waals surface area contributed by atoms with Gasteiger partial charge in [0.15, 0.2) is 0 Å². The van der Waals surface area contributed by atoms with Crippen molar-refractivity contribution >= 4 is 51.2 Å². The fourth-order valence-corrected chi connectivity index (χ4v) is 10.6. The van der Waals surface area contributed by atoms with E-state index in [1.165, 1.54) is 55.6 Å². The van der Waals surface area contributed by atoms with Crippen molar-refractivity contribution in [1.82, 2.24) is 0 Å². The average molecular weight is 968 g/mol. The van der Waals surface area contributed by atoms with E-state index in [-0.39, 0.29) is 0 Å². The third-order valence-electron chi connectivity index (χ3n) is 14.3. The molecule has 0 fully saturated rings. The van der Waals surface area contributed by atoms with Gasteiger partial charge in [0, 0.05) is 34.1 Å². The Balaban J connectivity index is 1.23. The van der Waals surface area contributed by atoms with Crippen LogP contribution in [0.5, 0.6) is 0 Å². The van der Waals surface area contributed by atoms with Gasteiger partial charge in [0.1, 0.15) is 0 Å². The number of hydrogen-bond donors (Lipinski definition) is 0. The number of benzene rings is 11. The Morgan fingerprint density at radius 2 is 0.493 bits per heavy atom. The number of hydrogen-bond acceptors (Lipinski definition) is 3. The highest BCUT2D eigenvalue weighted by molar-refractivity contribution is 5.95. The van der Waals surface area contributed by atoms with Crippen molar-refractivity contribution in [2.75, 3.05) is 14.7 Å². The minimum absolute atomic E-state index is 1.02. The van der Waals surface area contributed by atoms with Crippen LogP contribution in [0.1, 0.15) is 33.4 Å². The molecule has 364 valence electrons. The first-order chi connectivity index (χ1) is 36.6. The first-order valence-corrected chi connectivity index (χ1v) is 26.0. The van der Waals surface area contributed by atoms with Crippen molar-refractivity contribution in [1.29, 1.82) is 0 Å². The Kier molecular flexibility index (Phi) is 13.5. The van der Waals surface area contributed by atoms with Crippen LogP contribution in [-0.2, 0) is 0 Å². The zero-order chi connectivity index (χ0) is 51.4.